The summed E-state index contributed by atoms with van der Waals surface area (Å²) in [6, 6.07) is 6.93. The van der Waals surface area contributed by atoms with Crippen molar-refractivity contribution in [1.29, 1.82) is 0 Å². The highest BCUT2D eigenvalue weighted by Gasteiger charge is 2.25. The quantitative estimate of drug-likeness (QED) is 0.512. The van der Waals surface area contributed by atoms with Crippen molar-refractivity contribution in [3.8, 4) is 17.0 Å². The number of fused-ring (bicyclic) bond motifs is 1. The number of halogens is 1. The minimum absolute atomic E-state index is 0.294. The first-order valence-corrected chi connectivity index (χ1v) is 10.1. The monoisotopic (exact) mass is 436 g/mol. The van der Waals surface area contributed by atoms with Gasteiger partial charge in [-0.25, -0.2) is 8.91 Å². The molecule has 0 saturated carbocycles. The molecule has 0 unspecified atom stereocenters. The number of alkyl halides is 1. The number of amides is 1. The van der Waals surface area contributed by atoms with Gasteiger partial charge in [-0.05, 0) is 18.6 Å². The van der Waals surface area contributed by atoms with E-state index in [1.807, 2.05) is 4.90 Å². The van der Waals surface area contributed by atoms with Gasteiger partial charge in [0.1, 0.15) is 17.6 Å². The highest BCUT2D eigenvalue weighted by molar-refractivity contribution is 6.07. The summed E-state index contributed by atoms with van der Waals surface area (Å²) in [6.45, 7) is 0.880. The van der Waals surface area contributed by atoms with Gasteiger partial charge in [-0.2, -0.15) is 10.1 Å². The smallest absolute Gasteiger partial charge is 0.274 e. The van der Waals surface area contributed by atoms with E-state index in [9.17, 15) is 9.18 Å². The molecule has 4 aromatic rings. The van der Waals surface area contributed by atoms with Gasteiger partial charge in [0.25, 0.3) is 5.91 Å². The van der Waals surface area contributed by atoms with Crippen LogP contribution in [0, 0.1) is 0 Å². The van der Waals surface area contributed by atoms with Crippen LogP contribution in [-0.4, -0.2) is 61.6 Å². The fourth-order valence-corrected chi connectivity index (χ4v) is 3.75. The number of pyridine rings is 2. The largest absolute Gasteiger partial charge is 0.497 e. The third-order valence-corrected chi connectivity index (χ3v) is 5.39. The van der Waals surface area contributed by atoms with Crippen LogP contribution >= 0.6 is 0 Å². The second kappa shape index (κ2) is 7.91. The summed E-state index contributed by atoms with van der Waals surface area (Å²) in [4.78, 5) is 23.7. The zero-order valence-electron chi connectivity index (χ0n) is 17.6. The van der Waals surface area contributed by atoms with Crippen LogP contribution in [-0.2, 0) is 7.05 Å². The maximum atomic E-state index is 13.5. The molecule has 0 aliphatic carbocycles. The van der Waals surface area contributed by atoms with Crippen molar-refractivity contribution in [1.82, 2.24) is 29.4 Å². The molecule has 0 spiro atoms. The maximum absolute atomic E-state index is 13.5. The van der Waals surface area contributed by atoms with Crippen LogP contribution in [0.5, 0.6) is 5.75 Å². The van der Waals surface area contributed by atoms with Crippen LogP contribution in [0.15, 0.2) is 42.9 Å². The summed E-state index contributed by atoms with van der Waals surface area (Å²) in [6.07, 6.45) is 4.54. The first-order chi connectivity index (χ1) is 15.5. The lowest BCUT2D eigenvalue weighted by atomic mass is 10.1. The topological polar surface area (TPSA) is 102 Å². The van der Waals surface area contributed by atoms with Crippen molar-refractivity contribution in [3.63, 3.8) is 0 Å². The zero-order chi connectivity index (χ0) is 22.2. The molecule has 32 heavy (non-hydrogen) atoms. The van der Waals surface area contributed by atoms with Crippen molar-refractivity contribution < 1.29 is 13.9 Å². The minimum atomic E-state index is -0.858. The molecule has 1 aliphatic rings. The highest BCUT2D eigenvalue weighted by atomic mass is 19.1. The van der Waals surface area contributed by atoms with Gasteiger partial charge in [0, 0.05) is 43.8 Å². The molecule has 11 heteroatoms. The molecule has 1 atom stereocenters. The predicted molar refractivity (Wildman–Crippen MR) is 116 cm³/mol. The van der Waals surface area contributed by atoms with Crippen molar-refractivity contribution in [2.75, 3.05) is 30.4 Å². The maximum Gasteiger partial charge on any atom is 0.274 e. The Balaban J connectivity index is 1.41. The van der Waals surface area contributed by atoms with Crippen LogP contribution in [0.3, 0.4) is 0 Å². The Morgan fingerprint density at radius 1 is 1.31 bits per heavy atom. The fourth-order valence-electron chi connectivity index (χ4n) is 3.75. The number of hydrogen-bond acceptors (Lipinski definition) is 7. The Kier molecular flexibility index (Phi) is 4.92. The minimum Gasteiger partial charge on any atom is -0.497 e. The molecular weight excluding hydrogens is 415 g/mol. The molecule has 1 N–H and O–H groups in total. The average molecular weight is 436 g/mol. The molecule has 1 saturated heterocycles. The Hall–Kier alpha value is -4.02. The van der Waals surface area contributed by atoms with Gasteiger partial charge in [0.05, 0.1) is 31.1 Å². The van der Waals surface area contributed by atoms with E-state index >= 15 is 0 Å². The van der Waals surface area contributed by atoms with E-state index in [4.69, 9.17) is 4.74 Å². The van der Waals surface area contributed by atoms with Crippen LogP contribution < -0.4 is 15.0 Å². The molecule has 164 valence electrons. The number of hydrogen-bond donors (Lipinski definition) is 1. The second-order valence-corrected chi connectivity index (χ2v) is 7.53. The fraction of sp³-hybridized carbons (Fsp3) is 0.286. The van der Waals surface area contributed by atoms with Crippen molar-refractivity contribution in [2.45, 2.75) is 12.6 Å². The number of methoxy groups -OCH3 is 1. The molecule has 0 aromatic carbocycles. The summed E-state index contributed by atoms with van der Waals surface area (Å²) >= 11 is 0. The van der Waals surface area contributed by atoms with E-state index in [1.165, 1.54) is 4.68 Å². The highest BCUT2D eigenvalue weighted by Crippen LogP contribution is 2.26. The predicted octanol–water partition coefficient (Wildman–Crippen LogP) is 2.33. The first-order valence-electron chi connectivity index (χ1n) is 10.1. The normalized spacial score (nSPS) is 16.0. The van der Waals surface area contributed by atoms with Crippen molar-refractivity contribution in [3.05, 3.63) is 48.5 Å². The number of ether oxygens (including phenoxy) is 1. The van der Waals surface area contributed by atoms with Gasteiger partial charge in [-0.15, -0.1) is 5.10 Å². The second-order valence-electron chi connectivity index (χ2n) is 7.53. The van der Waals surface area contributed by atoms with Crippen LogP contribution in [0.4, 0.5) is 16.0 Å². The van der Waals surface area contributed by atoms with Crippen LogP contribution in [0.1, 0.15) is 16.9 Å². The lowest BCUT2D eigenvalue weighted by Crippen LogP contribution is -2.21. The lowest BCUT2D eigenvalue weighted by Gasteiger charge is -2.10. The van der Waals surface area contributed by atoms with Gasteiger partial charge in [0.15, 0.2) is 5.65 Å². The molecule has 0 radical (unpaired) electrons. The standard InChI is InChI=1S/C21H21FN8O2/c1-28-19(16(11-24-28)17-10-15(32-2)3-6-23-17)20(31)25-14-5-8-30-18(9-14)26-21(27-30)29-7-4-13(22)12-29/h3,5-6,8-11,13H,4,7,12H2,1-2H3,(H,25,31)/t13-/m0/s1. The average Bonchev–Trinajstić information content (AvgIpc) is 3.51. The Morgan fingerprint density at radius 3 is 2.97 bits per heavy atom. The molecule has 1 amide bonds. The van der Waals surface area contributed by atoms with Crippen LogP contribution in [0.2, 0.25) is 0 Å². The Labute approximate surface area is 182 Å². The molecule has 4 aromatic heterocycles. The summed E-state index contributed by atoms with van der Waals surface area (Å²) in [7, 11) is 3.27. The molecule has 5 heterocycles. The molecular formula is C21H21FN8O2. The molecule has 0 bridgehead atoms. The molecule has 1 aliphatic heterocycles. The number of aryl methyl sites for hydroxylation is 1. The van der Waals surface area contributed by atoms with Gasteiger partial charge >= 0.3 is 0 Å². The van der Waals surface area contributed by atoms with E-state index in [2.05, 4.69) is 25.5 Å². The van der Waals surface area contributed by atoms with Gasteiger partial charge in [0.2, 0.25) is 5.95 Å². The number of aromatic nitrogens is 6. The van der Waals surface area contributed by atoms with E-state index < -0.39 is 6.17 Å². The number of carbonyl (C=O) groups is 1. The number of anilines is 2. The number of carbonyl (C=O) groups excluding carboxylic acids is 1. The van der Waals surface area contributed by atoms with E-state index in [1.54, 1.807) is 61.5 Å². The summed E-state index contributed by atoms with van der Waals surface area (Å²) in [5.41, 5.74) is 2.64. The van der Waals surface area contributed by atoms with Gasteiger partial charge < -0.3 is 15.0 Å². The van der Waals surface area contributed by atoms with Crippen molar-refractivity contribution in [2.24, 2.45) is 7.05 Å². The Morgan fingerprint density at radius 2 is 2.19 bits per heavy atom. The summed E-state index contributed by atoms with van der Waals surface area (Å²) in [5, 5.41) is 11.5. The molecule has 10 nitrogen and oxygen atoms in total. The van der Waals surface area contributed by atoms with E-state index in [0.717, 1.165) is 0 Å². The lowest BCUT2D eigenvalue weighted by molar-refractivity contribution is 0.101. The Bertz CT molecular complexity index is 1300. The van der Waals surface area contributed by atoms with E-state index in [-0.39, 0.29) is 5.91 Å². The van der Waals surface area contributed by atoms with E-state index in [0.29, 0.717) is 59.5 Å². The zero-order valence-corrected chi connectivity index (χ0v) is 17.6. The van der Waals surface area contributed by atoms with Crippen LogP contribution in [0.25, 0.3) is 16.9 Å². The molecule has 1 fully saturated rings. The van der Waals surface area contributed by atoms with Crippen molar-refractivity contribution >= 4 is 23.2 Å². The number of nitrogens with zero attached hydrogens (tertiary/aromatic N) is 7. The third kappa shape index (κ3) is 3.61. The first kappa shape index (κ1) is 19.9. The SMILES string of the molecule is COc1ccnc(-c2cnn(C)c2C(=O)Nc2ccn3nc(N4CC[C@H](F)C4)nc3c2)c1. The number of nitrogens with one attached hydrogen (secondary N) is 1. The summed E-state index contributed by atoms with van der Waals surface area (Å²) < 4.78 is 21.9. The van der Waals surface area contributed by atoms with Gasteiger partial charge in [-0.1, -0.05) is 0 Å². The van der Waals surface area contributed by atoms with Gasteiger partial charge in [-0.3, -0.25) is 14.5 Å². The third-order valence-electron chi connectivity index (χ3n) is 5.39. The summed E-state index contributed by atoms with van der Waals surface area (Å²) in [5.74, 6) is 0.774. The number of rotatable bonds is 5. The molecule has 5 rings (SSSR count).